The van der Waals surface area contributed by atoms with E-state index in [9.17, 15) is 3.07 Å². The fraction of sp³-hybridized carbons (Fsp3) is 0.286. The van der Waals surface area contributed by atoms with Crippen LogP contribution in [0.4, 0.5) is 0 Å². The lowest BCUT2D eigenvalue weighted by molar-refractivity contribution is 0.646. The van der Waals surface area contributed by atoms with Gasteiger partial charge in [-0.3, -0.25) is 8.05 Å². The molecule has 2 nitrogen and oxygen atoms in total. The van der Waals surface area contributed by atoms with Gasteiger partial charge in [-0.2, -0.15) is 0 Å². The van der Waals surface area contributed by atoms with E-state index in [0.29, 0.717) is 0 Å². The highest BCUT2D eigenvalue weighted by Gasteiger charge is 2.03. The maximum atomic E-state index is 10.5. The van der Waals surface area contributed by atoms with E-state index < -0.39 is 21.2 Å². The van der Waals surface area contributed by atoms with Gasteiger partial charge in [0.25, 0.3) is 0 Å². The first-order chi connectivity index (χ1) is 4.84. The van der Waals surface area contributed by atoms with E-state index in [1.807, 2.05) is 25.1 Å². The van der Waals surface area contributed by atoms with Gasteiger partial charge in [0.2, 0.25) is 0 Å². The summed E-state index contributed by atoms with van der Waals surface area (Å²) in [6.45, 7) is 1.93. The van der Waals surface area contributed by atoms with Crippen LogP contribution in [0.3, 0.4) is 0 Å². The van der Waals surface area contributed by atoms with E-state index in [1.165, 1.54) is 0 Å². The third-order valence-electron chi connectivity index (χ3n) is 1.23. The highest BCUT2D eigenvalue weighted by molar-refractivity contribution is 14.1. The van der Waals surface area contributed by atoms with Gasteiger partial charge in [-0.15, -0.1) is 0 Å². The van der Waals surface area contributed by atoms with Gasteiger partial charge in [0.1, 0.15) is 0 Å². The van der Waals surface area contributed by atoms with Crippen molar-refractivity contribution in [3.8, 4) is 0 Å². The van der Waals surface area contributed by atoms with Crippen LogP contribution >= 0.6 is 21.2 Å². The van der Waals surface area contributed by atoms with Crippen molar-refractivity contribution in [1.82, 2.24) is 4.98 Å². The molecule has 10 heavy (non-hydrogen) atoms. The summed E-state index contributed by atoms with van der Waals surface area (Å²) in [6.07, 6.45) is 1.73. The minimum Gasteiger partial charge on any atom is -0.270 e. The molecule has 0 spiro atoms. The molecule has 1 unspecified atom stereocenters. The van der Waals surface area contributed by atoms with Crippen LogP contribution in [0.15, 0.2) is 24.4 Å². The summed E-state index contributed by atoms with van der Waals surface area (Å²) < 4.78 is 10.7. The quantitative estimate of drug-likeness (QED) is 0.595. The molecule has 1 atom stereocenters. The number of aromatic nitrogens is 1. The summed E-state index contributed by atoms with van der Waals surface area (Å²) in [5, 5.41) is 0. The molecule has 0 aliphatic carbocycles. The number of nitrogens with zero attached hydrogens (tertiary/aromatic N) is 1. The molecule has 0 aliphatic heterocycles. The predicted octanol–water partition coefficient (Wildman–Crippen LogP) is 2.46. The van der Waals surface area contributed by atoms with Crippen molar-refractivity contribution in [2.45, 2.75) is 10.8 Å². The second kappa shape index (κ2) is 3.75. The Morgan fingerprint density at radius 2 is 2.40 bits per heavy atom. The van der Waals surface area contributed by atoms with Gasteiger partial charge in [-0.1, -0.05) is 6.07 Å². The molecule has 0 saturated carbocycles. The zero-order valence-corrected chi connectivity index (χ0v) is 7.78. The standard InChI is InChI=1S/C7H8INO/c1-6(8-10)7-4-2-3-5-9-7/h2-6H,1H3. The molecule has 1 aromatic heterocycles. The summed E-state index contributed by atoms with van der Waals surface area (Å²) in [5.41, 5.74) is 0.935. The number of halogens is 1. The fourth-order valence-electron chi connectivity index (χ4n) is 0.657. The average Bonchev–Trinajstić information content (AvgIpc) is 2.05. The van der Waals surface area contributed by atoms with E-state index >= 15 is 0 Å². The molecule has 0 radical (unpaired) electrons. The van der Waals surface area contributed by atoms with Crippen molar-refractivity contribution in [3.63, 3.8) is 0 Å². The van der Waals surface area contributed by atoms with Crippen LogP contribution in [-0.2, 0) is 3.07 Å². The maximum Gasteiger partial charge on any atom is 0.153 e. The second-order valence-corrected chi connectivity index (χ2v) is 4.34. The largest absolute Gasteiger partial charge is 0.270 e. The van der Waals surface area contributed by atoms with Gasteiger partial charge < -0.3 is 0 Å². The Labute approximate surface area is 70.3 Å². The Kier molecular flexibility index (Phi) is 2.92. The Morgan fingerprint density at radius 1 is 1.60 bits per heavy atom. The Hall–Kier alpha value is -0.320. The fourth-order valence-corrected chi connectivity index (χ4v) is 1.29. The smallest absolute Gasteiger partial charge is 0.153 e. The normalized spacial score (nSPS) is 12.9. The van der Waals surface area contributed by atoms with Crippen molar-refractivity contribution in [2.75, 3.05) is 0 Å². The molecule has 0 bridgehead atoms. The molecule has 0 aliphatic rings. The Balaban J connectivity index is 2.84. The van der Waals surface area contributed by atoms with Gasteiger partial charge in [0.15, 0.2) is 21.2 Å². The number of hydrogen-bond donors (Lipinski definition) is 0. The molecule has 3 heteroatoms. The number of hydrogen-bond acceptors (Lipinski definition) is 2. The first-order valence-electron chi connectivity index (χ1n) is 3.01. The van der Waals surface area contributed by atoms with Crippen LogP contribution in [0.5, 0.6) is 0 Å². The summed E-state index contributed by atoms with van der Waals surface area (Å²) in [4.78, 5) is 4.08. The molecule has 0 amide bonds. The molecular weight excluding hydrogens is 241 g/mol. The van der Waals surface area contributed by atoms with Crippen LogP contribution in [0.25, 0.3) is 0 Å². The van der Waals surface area contributed by atoms with Crippen molar-refractivity contribution >= 4 is 21.2 Å². The predicted molar refractivity (Wildman–Crippen MR) is 47.4 cm³/mol. The highest BCUT2D eigenvalue weighted by Crippen LogP contribution is 2.23. The van der Waals surface area contributed by atoms with E-state index in [4.69, 9.17) is 0 Å². The first kappa shape index (κ1) is 7.78. The van der Waals surface area contributed by atoms with Crippen LogP contribution < -0.4 is 0 Å². The van der Waals surface area contributed by atoms with Gasteiger partial charge in [-0.05, 0) is 19.1 Å². The number of alkyl halides is 1. The van der Waals surface area contributed by atoms with Crippen LogP contribution in [0.2, 0.25) is 0 Å². The third-order valence-corrected chi connectivity index (χ3v) is 2.63. The molecule has 0 saturated heterocycles. The first-order valence-corrected chi connectivity index (χ1v) is 5.14. The van der Waals surface area contributed by atoms with Crippen LogP contribution in [-0.4, -0.2) is 4.98 Å². The minimum atomic E-state index is -0.946. The van der Waals surface area contributed by atoms with Crippen molar-refractivity contribution in [1.29, 1.82) is 0 Å². The van der Waals surface area contributed by atoms with Gasteiger partial charge in [0, 0.05) is 6.20 Å². The lowest BCUT2D eigenvalue weighted by atomic mass is 10.3. The zero-order valence-electron chi connectivity index (χ0n) is 5.62. The maximum absolute atomic E-state index is 10.5. The number of pyridine rings is 1. The minimum absolute atomic E-state index is 0.153. The molecule has 0 fully saturated rings. The van der Waals surface area contributed by atoms with Crippen molar-refractivity contribution in [3.05, 3.63) is 30.1 Å². The molecule has 0 N–H and O–H groups in total. The summed E-state index contributed by atoms with van der Waals surface area (Å²) in [5.74, 6) is 0. The molecular formula is C7H8INO. The number of rotatable bonds is 2. The summed E-state index contributed by atoms with van der Waals surface area (Å²) >= 11 is -0.946. The van der Waals surface area contributed by atoms with Crippen LogP contribution in [0, 0.1) is 0 Å². The third kappa shape index (κ3) is 1.83. The van der Waals surface area contributed by atoms with Gasteiger partial charge in [0.05, 0.1) is 9.62 Å². The van der Waals surface area contributed by atoms with Crippen molar-refractivity contribution in [2.24, 2.45) is 0 Å². The lowest BCUT2D eigenvalue weighted by Crippen LogP contribution is -1.86. The lowest BCUT2D eigenvalue weighted by Gasteiger charge is -1.98. The SMILES string of the molecule is CC(I=O)c1ccccn1. The summed E-state index contributed by atoms with van der Waals surface area (Å²) in [7, 11) is 0. The van der Waals surface area contributed by atoms with Crippen molar-refractivity contribution < 1.29 is 3.07 Å². The van der Waals surface area contributed by atoms with Gasteiger partial charge >= 0.3 is 0 Å². The van der Waals surface area contributed by atoms with E-state index in [2.05, 4.69) is 4.98 Å². The molecule has 54 valence electrons. The zero-order chi connectivity index (χ0) is 7.40. The highest BCUT2D eigenvalue weighted by atomic mass is 127. The second-order valence-electron chi connectivity index (χ2n) is 1.96. The molecule has 1 rings (SSSR count). The topological polar surface area (TPSA) is 30.0 Å². The van der Waals surface area contributed by atoms with Crippen LogP contribution in [0.1, 0.15) is 16.5 Å². The van der Waals surface area contributed by atoms with Gasteiger partial charge in [-0.25, -0.2) is 0 Å². The Bertz CT molecular complexity index is 212. The molecule has 0 aromatic carbocycles. The van der Waals surface area contributed by atoms with E-state index in [1.54, 1.807) is 6.20 Å². The molecule has 1 aromatic rings. The molecule has 1 heterocycles. The van der Waals surface area contributed by atoms with E-state index in [0.717, 1.165) is 5.69 Å². The Morgan fingerprint density at radius 3 is 2.90 bits per heavy atom. The average molecular weight is 249 g/mol. The monoisotopic (exact) mass is 249 g/mol. The summed E-state index contributed by atoms with van der Waals surface area (Å²) in [6, 6.07) is 5.68. The van der Waals surface area contributed by atoms with E-state index in [-0.39, 0.29) is 3.92 Å².